The first-order valence-corrected chi connectivity index (χ1v) is 42.8. The molecule has 31 nitrogen and oxygen atoms in total. The number of hydrogen-bond donors (Lipinski definition) is 12. The third kappa shape index (κ3) is 40.3. The summed E-state index contributed by atoms with van der Waals surface area (Å²) in [6, 6.07) is -0.114. The number of β-amino-alcohol motifs (C(OH)–C–C–N with tert-alkyl or cyclic N) is 1. The number of ether oxygens (including phenoxy) is 7. The molecule has 4 aliphatic heterocycles. The van der Waals surface area contributed by atoms with Crippen LogP contribution in [0.5, 0.6) is 0 Å². The molecule has 4 heterocycles. The summed E-state index contributed by atoms with van der Waals surface area (Å²) in [6.07, 6.45) is 1.73. The molecule has 0 aromatic heterocycles. The quantitative estimate of drug-likeness (QED) is 0.0380. The van der Waals surface area contributed by atoms with E-state index in [0.29, 0.717) is 90.2 Å². The van der Waals surface area contributed by atoms with Crippen LogP contribution < -0.4 is 10.6 Å². The maximum Gasteiger partial charge on any atom is 0.222 e. The largest absolute Gasteiger partial charge is 0.394 e. The molecule has 115 heavy (non-hydrogen) atoms. The van der Waals surface area contributed by atoms with Gasteiger partial charge < -0.3 is 99.8 Å². The highest BCUT2D eigenvalue weighted by atomic mass is 16.5. The van der Waals surface area contributed by atoms with Gasteiger partial charge in [-0.15, -0.1) is 0 Å². The van der Waals surface area contributed by atoms with Gasteiger partial charge >= 0.3 is 0 Å². The average molecular weight is 1640 g/mol. The summed E-state index contributed by atoms with van der Waals surface area (Å²) in [5, 5.41) is 106. The van der Waals surface area contributed by atoms with Gasteiger partial charge in [0.15, 0.2) is 0 Å². The first-order chi connectivity index (χ1) is 55.0. The lowest BCUT2D eigenvalue weighted by atomic mass is 9.83. The standard InChI is InChI=1S/C84H143N3O28/c1-56-69(113-72(49-88)81(106)78(56)103)44-64(95)30-19-28-60(91)23-14-11-16-25-62(93)35-40-110-53-84(47-67(98)27-13-9-7-5-6-8-10-18-34-77(102)87-48-68(99)43-59(87)52-109-4,54-111-41-36-63(94)26-17-12-15-24-61(92)29-20-31-65(96)45-70-57(2)79(104)82(107)73(50-89)114-70)55-112-42-37-76(101)86-39-22-38-85-75(100)33-21-32-66(97)46-71-58(3)80(105)83(108)74(51-90)115-71/h56-59,68-74,78-83,88-90,99,103-108H,5-55H2,1-4H3,(H,85,100)(H,86,101)/t56?,57?,58?,59-,68?,69?,70?,71?,72?,73?,74?,78?,79?,80?,81?,82?,83?,84?/m0/s1. The number of nitrogens with one attached hydrogen (secondary N) is 2. The Morgan fingerprint density at radius 1 is 0.365 bits per heavy atom. The molecule has 17 atom stereocenters. The van der Waals surface area contributed by atoms with Crippen molar-refractivity contribution in [1.82, 2.24) is 15.5 Å². The number of hydrogen-bond acceptors (Lipinski definition) is 28. The summed E-state index contributed by atoms with van der Waals surface area (Å²) in [7, 11) is 1.58. The normalized spacial score (nSPS) is 26.1. The molecule has 0 aromatic rings. The van der Waals surface area contributed by atoms with Crippen LogP contribution in [0, 0.1) is 23.2 Å². The number of ketones is 8. The minimum atomic E-state index is -1.27. The van der Waals surface area contributed by atoms with E-state index >= 15 is 0 Å². The molecule has 0 saturated carbocycles. The summed E-state index contributed by atoms with van der Waals surface area (Å²) < 4.78 is 41.0. The lowest BCUT2D eigenvalue weighted by Gasteiger charge is -2.41. The third-order valence-corrected chi connectivity index (χ3v) is 22.9. The summed E-state index contributed by atoms with van der Waals surface area (Å²) in [6.45, 7) is 4.37. The second kappa shape index (κ2) is 58.1. The zero-order valence-electron chi connectivity index (χ0n) is 69.1. The number of carbonyl (C=O) groups is 11. The van der Waals surface area contributed by atoms with Gasteiger partial charge in [0.1, 0.15) is 82.9 Å². The number of nitrogens with zero attached hydrogens (tertiary/aromatic N) is 1. The molecule has 4 aliphatic rings. The summed E-state index contributed by atoms with van der Waals surface area (Å²) in [5.74, 6) is -2.91. The van der Waals surface area contributed by atoms with Gasteiger partial charge in [0, 0.05) is 172 Å². The van der Waals surface area contributed by atoms with E-state index in [9.17, 15) is 104 Å². The Hall–Kier alpha value is -4.91. The van der Waals surface area contributed by atoms with Gasteiger partial charge in [0.05, 0.1) is 115 Å². The summed E-state index contributed by atoms with van der Waals surface area (Å²) >= 11 is 0. The number of amides is 3. The van der Waals surface area contributed by atoms with E-state index in [1.165, 1.54) is 0 Å². The Morgan fingerprint density at radius 2 is 0.678 bits per heavy atom. The van der Waals surface area contributed by atoms with Crippen LogP contribution in [0.15, 0.2) is 0 Å². The first kappa shape index (κ1) is 102. The highest BCUT2D eigenvalue weighted by molar-refractivity contribution is 5.84. The van der Waals surface area contributed by atoms with Crippen molar-refractivity contribution in [1.29, 1.82) is 0 Å². The van der Waals surface area contributed by atoms with E-state index in [4.69, 9.17) is 33.2 Å². The number of aliphatic hydroxyl groups excluding tert-OH is 10. The van der Waals surface area contributed by atoms with Crippen LogP contribution in [0.2, 0.25) is 0 Å². The molecule has 4 saturated heterocycles. The molecule has 0 radical (unpaired) electrons. The van der Waals surface area contributed by atoms with E-state index < -0.39 is 122 Å². The van der Waals surface area contributed by atoms with Crippen LogP contribution in [0.4, 0.5) is 0 Å². The molecule has 3 amide bonds. The van der Waals surface area contributed by atoms with Crippen LogP contribution in [0.3, 0.4) is 0 Å². The summed E-state index contributed by atoms with van der Waals surface area (Å²) in [4.78, 5) is 145. The van der Waals surface area contributed by atoms with Crippen molar-refractivity contribution in [3.05, 3.63) is 0 Å². The Morgan fingerprint density at radius 3 is 1.06 bits per heavy atom. The number of unbranched alkanes of at least 4 members (excludes halogenated alkanes) is 11. The van der Waals surface area contributed by atoms with E-state index in [2.05, 4.69) is 10.6 Å². The van der Waals surface area contributed by atoms with Crippen LogP contribution >= 0.6 is 0 Å². The Kier molecular flexibility index (Phi) is 51.8. The van der Waals surface area contributed by atoms with Gasteiger partial charge in [-0.05, 0) is 70.6 Å². The Bertz CT molecular complexity index is 2630. The van der Waals surface area contributed by atoms with Gasteiger partial charge in [-0.25, -0.2) is 0 Å². The SMILES string of the molecule is COC[C@@H]1CC(O)CN1C(=O)CCCCCCCCCCC(=O)CC(COCCC(=O)CCCCCC(=O)CCCC(=O)CC1OC(CO)C(O)C(O)C1C)(COCCC(=O)CCCCCC(=O)CCCC(=O)CC1OC(CO)C(O)C(O)C1C)COCCC(=O)NCCCNC(=O)CCCC(=O)CC1OC(CO)C(O)C(O)C1C. The van der Waals surface area contributed by atoms with Crippen molar-refractivity contribution >= 4 is 64.0 Å². The maximum atomic E-state index is 14.2. The van der Waals surface area contributed by atoms with Gasteiger partial charge in [0.2, 0.25) is 17.7 Å². The molecule has 12 N–H and O–H groups in total. The third-order valence-electron chi connectivity index (χ3n) is 22.9. The molecule has 0 bridgehead atoms. The van der Waals surface area contributed by atoms with E-state index in [1.54, 1.807) is 32.8 Å². The van der Waals surface area contributed by atoms with Crippen molar-refractivity contribution in [2.24, 2.45) is 23.2 Å². The van der Waals surface area contributed by atoms with Crippen LogP contribution in [0.1, 0.15) is 265 Å². The lowest BCUT2D eigenvalue weighted by molar-refractivity contribution is -0.206. The van der Waals surface area contributed by atoms with E-state index in [0.717, 1.165) is 44.9 Å². The molecule has 662 valence electrons. The molecular weight excluding hydrogens is 1500 g/mol. The maximum absolute atomic E-state index is 14.2. The number of rotatable bonds is 67. The predicted molar refractivity (Wildman–Crippen MR) is 421 cm³/mol. The number of methoxy groups -OCH3 is 1. The fraction of sp³-hybridized carbons (Fsp3) is 0.869. The lowest BCUT2D eigenvalue weighted by Crippen LogP contribution is -2.55. The number of Topliss-reactive ketones (excluding diaryl/α,β-unsaturated/α-hetero) is 8. The Labute approximate surface area is 679 Å². The zero-order chi connectivity index (χ0) is 84.7. The Balaban J connectivity index is 1.29. The highest BCUT2D eigenvalue weighted by Gasteiger charge is 2.45. The summed E-state index contributed by atoms with van der Waals surface area (Å²) in [5.41, 5.74) is -1.12. The molecule has 0 spiro atoms. The fourth-order valence-electron chi connectivity index (χ4n) is 15.5. The fourth-order valence-corrected chi connectivity index (χ4v) is 15.5. The van der Waals surface area contributed by atoms with Gasteiger partial charge in [-0.1, -0.05) is 72.1 Å². The van der Waals surface area contributed by atoms with Gasteiger partial charge in [-0.3, -0.25) is 52.7 Å². The average Bonchev–Trinajstić information content (AvgIpc) is 1.73. The van der Waals surface area contributed by atoms with E-state index in [1.807, 2.05) is 0 Å². The van der Waals surface area contributed by atoms with Crippen molar-refractivity contribution in [2.75, 3.05) is 92.8 Å². The topological polar surface area (TPSA) is 482 Å². The number of carbonyl (C=O) groups excluding carboxylic acids is 11. The zero-order valence-corrected chi connectivity index (χ0v) is 69.1. The smallest absolute Gasteiger partial charge is 0.222 e. The van der Waals surface area contributed by atoms with Crippen molar-refractivity contribution in [3.8, 4) is 0 Å². The first-order valence-electron chi connectivity index (χ1n) is 42.8. The minimum absolute atomic E-state index is 0.00659. The van der Waals surface area contributed by atoms with Crippen LogP contribution in [-0.4, -0.2) is 298 Å². The molecule has 31 heteroatoms. The number of aliphatic hydroxyl groups is 10. The molecule has 0 aliphatic carbocycles. The number of likely N-dealkylation sites (tertiary alicyclic amines) is 1. The van der Waals surface area contributed by atoms with Crippen molar-refractivity contribution in [3.63, 3.8) is 0 Å². The molecular formula is C84H143N3O28. The predicted octanol–water partition coefficient (Wildman–Crippen LogP) is 4.20. The monoisotopic (exact) mass is 1640 g/mol. The van der Waals surface area contributed by atoms with Crippen molar-refractivity contribution in [2.45, 2.75) is 350 Å². The minimum Gasteiger partial charge on any atom is -0.394 e. The molecule has 4 fully saturated rings. The van der Waals surface area contributed by atoms with Gasteiger partial charge in [-0.2, -0.15) is 0 Å². The highest BCUT2D eigenvalue weighted by Crippen LogP contribution is 2.33. The van der Waals surface area contributed by atoms with Crippen molar-refractivity contribution < 1.29 is 137 Å². The second-order valence-electron chi connectivity index (χ2n) is 32.8. The molecule has 4 rings (SSSR count). The second-order valence-corrected chi connectivity index (χ2v) is 32.8. The van der Waals surface area contributed by atoms with Gasteiger partial charge in [0.25, 0.3) is 0 Å². The van der Waals surface area contributed by atoms with E-state index in [-0.39, 0.29) is 245 Å². The molecule has 16 unspecified atom stereocenters. The van der Waals surface area contributed by atoms with Crippen LogP contribution in [0.25, 0.3) is 0 Å². The van der Waals surface area contributed by atoms with Crippen LogP contribution in [-0.2, 0) is 85.9 Å². The molecule has 0 aromatic carbocycles.